The number of hydrogen-bond donors (Lipinski definition) is 5. The smallest absolute Gasteiger partial charge is 0.224 e. The van der Waals surface area contributed by atoms with Crippen LogP contribution in [0.25, 0.3) is 0 Å². The maximum Gasteiger partial charge on any atom is 0.224 e. The molecule has 0 saturated carbocycles. The molecule has 206 valence electrons. The van der Waals surface area contributed by atoms with Crippen LogP contribution in [0.3, 0.4) is 0 Å². The number of Topliss-reactive ketones (excluding diaryl/α,β-unsaturated/α-hetero) is 2. The zero-order chi connectivity index (χ0) is 28.1. The van der Waals surface area contributed by atoms with E-state index >= 15 is 0 Å². The standard InChI is InChI=1S/C26H39N3O8/c1-14(2)37-28-15(3)17-6-7-21(32)25-18(17)8-16(10-22(25)33)9-19(20(12-30)29(4)5)26(36,13-31)23(34)11-24(27)35/h6-7,14,16,19-20,30-32,36H,8-13H2,1-5H3,(H2,27,35)/t16-,19-,20+,26+/m0/s1. The number of ketones is 2. The van der Waals surface area contributed by atoms with Gasteiger partial charge in [-0.2, -0.15) is 0 Å². The van der Waals surface area contributed by atoms with Crippen molar-refractivity contribution in [2.45, 2.75) is 64.2 Å². The van der Waals surface area contributed by atoms with E-state index in [1.54, 1.807) is 32.0 Å². The van der Waals surface area contributed by atoms with Gasteiger partial charge in [-0.25, -0.2) is 0 Å². The summed E-state index contributed by atoms with van der Waals surface area (Å²) in [5.74, 6) is -3.84. The summed E-state index contributed by atoms with van der Waals surface area (Å²) < 4.78 is 0. The number of rotatable bonds is 13. The summed E-state index contributed by atoms with van der Waals surface area (Å²) in [7, 11) is 3.30. The van der Waals surface area contributed by atoms with Crippen LogP contribution in [0.2, 0.25) is 0 Å². The van der Waals surface area contributed by atoms with Gasteiger partial charge < -0.3 is 35.9 Å². The molecule has 37 heavy (non-hydrogen) atoms. The van der Waals surface area contributed by atoms with E-state index in [1.165, 1.54) is 6.07 Å². The largest absolute Gasteiger partial charge is 0.507 e. The topological polar surface area (TPSA) is 183 Å². The summed E-state index contributed by atoms with van der Waals surface area (Å²) in [4.78, 5) is 44.4. The quantitative estimate of drug-likeness (QED) is 0.139. The second-order valence-corrected chi connectivity index (χ2v) is 10.2. The van der Waals surface area contributed by atoms with Crippen molar-refractivity contribution in [1.82, 2.24) is 4.90 Å². The van der Waals surface area contributed by atoms with Crippen molar-refractivity contribution < 1.29 is 39.6 Å². The Balaban J connectivity index is 2.53. The van der Waals surface area contributed by atoms with E-state index in [9.17, 15) is 34.8 Å². The molecule has 4 atom stereocenters. The molecule has 0 unspecified atom stereocenters. The third-order valence-corrected chi connectivity index (χ3v) is 6.90. The highest BCUT2D eigenvalue weighted by atomic mass is 16.6. The summed E-state index contributed by atoms with van der Waals surface area (Å²) in [5.41, 5.74) is 4.69. The SMILES string of the molecule is CC(=NOC(C)C)c1ccc(O)c2c1C[C@@H](C[C@@H]([C@@H](CO)N(C)C)[C@](O)(CO)C(=O)CC(N)=O)CC2=O. The highest BCUT2D eigenvalue weighted by molar-refractivity contribution is 6.07. The summed E-state index contributed by atoms with van der Waals surface area (Å²) >= 11 is 0. The van der Waals surface area contributed by atoms with Crippen LogP contribution < -0.4 is 5.73 Å². The van der Waals surface area contributed by atoms with Crippen LogP contribution in [-0.2, 0) is 20.8 Å². The van der Waals surface area contributed by atoms with Crippen LogP contribution in [0.4, 0.5) is 0 Å². The number of phenolic OH excluding ortho intramolecular Hbond substituents is 1. The lowest BCUT2D eigenvalue weighted by Crippen LogP contribution is -2.58. The zero-order valence-corrected chi connectivity index (χ0v) is 22.1. The van der Waals surface area contributed by atoms with Crippen molar-refractivity contribution in [2.75, 3.05) is 27.3 Å². The van der Waals surface area contributed by atoms with Gasteiger partial charge in [0.15, 0.2) is 17.2 Å². The van der Waals surface area contributed by atoms with E-state index in [0.717, 1.165) is 0 Å². The number of aliphatic hydroxyl groups is 3. The number of aliphatic hydroxyl groups excluding tert-OH is 2. The van der Waals surface area contributed by atoms with Crippen molar-refractivity contribution in [2.24, 2.45) is 22.7 Å². The molecular weight excluding hydrogens is 482 g/mol. The maximum absolute atomic E-state index is 13.2. The molecule has 0 aromatic heterocycles. The van der Waals surface area contributed by atoms with Crippen LogP contribution in [-0.4, -0.2) is 93.6 Å². The number of likely N-dealkylation sites (N-methyl/N-ethyl adjacent to an activating group) is 1. The second kappa shape index (κ2) is 12.6. The van der Waals surface area contributed by atoms with Crippen LogP contribution in [0, 0.1) is 11.8 Å². The summed E-state index contributed by atoms with van der Waals surface area (Å²) in [5, 5.41) is 46.2. The molecular formula is C26H39N3O8. The van der Waals surface area contributed by atoms with Gasteiger partial charge >= 0.3 is 0 Å². The number of benzene rings is 1. The summed E-state index contributed by atoms with van der Waals surface area (Å²) in [6.45, 7) is 3.94. The molecule has 0 spiro atoms. The lowest BCUT2D eigenvalue weighted by atomic mass is 9.69. The molecule has 0 radical (unpaired) electrons. The van der Waals surface area contributed by atoms with Gasteiger partial charge in [0.1, 0.15) is 11.9 Å². The van der Waals surface area contributed by atoms with Gasteiger partial charge in [-0.05, 0) is 71.3 Å². The Morgan fingerprint density at radius 3 is 2.41 bits per heavy atom. The van der Waals surface area contributed by atoms with E-state index < -0.39 is 54.8 Å². The Hall–Kier alpha value is -2.86. The number of phenols is 1. The molecule has 1 aromatic carbocycles. The number of primary amides is 1. The van der Waals surface area contributed by atoms with Gasteiger partial charge in [-0.15, -0.1) is 0 Å². The second-order valence-electron chi connectivity index (χ2n) is 10.2. The molecule has 1 amide bonds. The van der Waals surface area contributed by atoms with Crippen molar-refractivity contribution in [3.63, 3.8) is 0 Å². The first kappa shape index (κ1) is 30.4. The zero-order valence-electron chi connectivity index (χ0n) is 22.1. The van der Waals surface area contributed by atoms with Crippen molar-refractivity contribution >= 4 is 23.2 Å². The van der Waals surface area contributed by atoms with E-state index in [1.807, 2.05) is 13.8 Å². The molecule has 0 aliphatic heterocycles. The number of aromatic hydroxyl groups is 1. The van der Waals surface area contributed by atoms with E-state index in [2.05, 4.69) is 5.16 Å². The minimum atomic E-state index is -2.37. The predicted octanol–water partition coefficient (Wildman–Crippen LogP) is 0.383. The third-order valence-electron chi connectivity index (χ3n) is 6.90. The Labute approximate surface area is 216 Å². The normalized spacial score (nSPS) is 19.4. The minimum Gasteiger partial charge on any atom is -0.507 e. The summed E-state index contributed by atoms with van der Waals surface area (Å²) in [6, 6.07) is 2.31. The van der Waals surface area contributed by atoms with Crippen LogP contribution >= 0.6 is 0 Å². The third kappa shape index (κ3) is 6.92. The highest BCUT2D eigenvalue weighted by Gasteiger charge is 2.49. The Kier molecular flexibility index (Phi) is 10.3. The van der Waals surface area contributed by atoms with Crippen molar-refractivity contribution in [3.8, 4) is 5.75 Å². The van der Waals surface area contributed by atoms with Crippen LogP contribution in [0.1, 0.15) is 61.5 Å². The number of hydrogen-bond acceptors (Lipinski definition) is 10. The molecule has 0 heterocycles. The first-order valence-electron chi connectivity index (χ1n) is 12.3. The molecule has 0 saturated heterocycles. The highest BCUT2D eigenvalue weighted by Crippen LogP contribution is 2.40. The average Bonchev–Trinajstić information content (AvgIpc) is 2.81. The van der Waals surface area contributed by atoms with Gasteiger partial charge in [-0.3, -0.25) is 14.4 Å². The molecule has 0 fully saturated rings. The Morgan fingerprint density at radius 2 is 1.89 bits per heavy atom. The van der Waals surface area contributed by atoms with Crippen molar-refractivity contribution in [3.05, 3.63) is 28.8 Å². The monoisotopic (exact) mass is 521 g/mol. The Bertz CT molecular complexity index is 1040. The molecule has 11 nitrogen and oxygen atoms in total. The number of amides is 1. The molecule has 0 bridgehead atoms. The fourth-order valence-electron chi connectivity index (χ4n) is 5.03. The molecule has 1 aliphatic carbocycles. The predicted molar refractivity (Wildman–Crippen MR) is 136 cm³/mol. The molecule has 11 heteroatoms. The number of nitrogens with two attached hydrogens (primary N) is 1. The fraction of sp³-hybridized carbons (Fsp3) is 0.615. The first-order valence-corrected chi connectivity index (χ1v) is 12.3. The van der Waals surface area contributed by atoms with Gasteiger partial charge in [0, 0.05) is 23.9 Å². The van der Waals surface area contributed by atoms with Crippen LogP contribution in [0.5, 0.6) is 5.75 Å². The number of fused-ring (bicyclic) bond motifs is 1. The Morgan fingerprint density at radius 1 is 1.24 bits per heavy atom. The van der Waals surface area contributed by atoms with Gasteiger partial charge in [0.25, 0.3) is 0 Å². The first-order chi connectivity index (χ1) is 17.3. The molecule has 6 N–H and O–H groups in total. The van der Waals surface area contributed by atoms with Gasteiger partial charge in [0.05, 0.1) is 30.9 Å². The summed E-state index contributed by atoms with van der Waals surface area (Å²) in [6.07, 6.45) is -0.573. The molecule has 1 aliphatic rings. The van der Waals surface area contributed by atoms with Crippen LogP contribution in [0.15, 0.2) is 17.3 Å². The molecule has 2 rings (SSSR count). The minimum absolute atomic E-state index is 0.0102. The van der Waals surface area contributed by atoms with Crippen molar-refractivity contribution in [1.29, 1.82) is 0 Å². The number of nitrogens with zero attached hydrogens (tertiary/aromatic N) is 2. The van der Waals surface area contributed by atoms with E-state index in [0.29, 0.717) is 23.3 Å². The number of oxime groups is 1. The lowest BCUT2D eigenvalue weighted by Gasteiger charge is -2.42. The number of carbonyl (C=O) groups is 3. The molecule has 1 aromatic rings. The van der Waals surface area contributed by atoms with E-state index in [-0.39, 0.29) is 36.0 Å². The van der Waals surface area contributed by atoms with Gasteiger partial charge in [0.2, 0.25) is 5.91 Å². The average molecular weight is 522 g/mol. The fourth-order valence-corrected chi connectivity index (χ4v) is 5.03. The van der Waals surface area contributed by atoms with E-state index in [4.69, 9.17) is 10.6 Å². The number of carbonyl (C=O) groups excluding carboxylic acids is 3. The maximum atomic E-state index is 13.2. The van der Waals surface area contributed by atoms with Gasteiger partial charge in [-0.1, -0.05) is 5.16 Å². The lowest BCUT2D eigenvalue weighted by molar-refractivity contribution is -0.157.